The number of benzene rings is 1. The van der Waals surface area contributed by atoms with Gasteiger partial charge in [0.1, 0.15) is 5.82 Å². The van der Waals surface area contributed by atoms with Gasteiger partial charge in [-0.3, -0.25) is 0 Å². The first kappa shape index (κ1) is 18.7. The van der Waals surface area contributed by atoms with E-state index in [1.165, 1.54) is 12.1 Å². The third kappa shape index (κ3) is 4.05. The summed E-state index contributed by atoms with van der Waals surface area (Å²) in [4.78, 5) is 14.7. The van der Waals surface area contributed by atoms with Gasteiger partial charge in [-0.25, -0.2) is 9.18 Å². The summed E-state index contributed by atoms with van der Waals surface area (Å²) in [6.45, 7) is 3.59. The summed E-state index contributed by atoms with van der Waals surface area (Å²) in [6, 6.07) is 4.14. The molecule has 1 N–H and O–H groups in total. The number of methoxy groups -OCH3 is 2. The largest absolute Gasteiger partial charge is 0.382 e. The fourth-order valence-corrected chi connectivity index (χ4v) is 3.61. The van der Waals surface area contributed by atoms with E-state index >= 15 is 0 Å². The molecule has 0 aromatic heterocycles. The number of carbonyl (C=O) groups is 1. The number of amides is 2. The highest BCUT2D eigenvalue weighted by Crippen LogP contribution is 2.34. The molecule has 2 rings (SSSR count). The van der Waals surface area contributed by atoms with E-state index in [9.17, 15) is 9.18 Å². The van der Waals surface area contributed by atoms with E-state index in [0.29, 0.717) is 24.4 Å². The molecule has 0 bridgehead atoms. The quantitative estimate of drug-likeness (QED) is 0.823. The zero-order valence-electron chi connectivity index (χ0n) is 14.7. The van der Waals surface area contributed by atoms with Crippen molar-refractivity contribution in [2.75, 3.05) is 32.7 Å². The number of rotatable bonds is 7. The maximum Gasteiger partial charge on any atom is 0.322 e. The molecular formula is C18H27FN2O3. The topological polar surface area (TPSA) is 50.8 Å². The van der Waals surface area contributed by atoms with Gasteiger partial charge in [0.25, 0.3) is 0 Å². The second-order valence-electron chi connectivity index (χ2n) is 6.33. The minimum atomic E-state index is -0.346. The maximum atomic E-state index is 13.4. The molecule has 1 saturated heterocycles. The Morgan fingerprint density at radius 3 is 2.83 bits per heavy atom. The lowest BCUT2D eigenvalue weighted by molar-refractivity contribution is 0.0540. The van der Waals surface area contributed by atoms with Crippen LogP contribution in [0.5, 0.6) is 0 Å². The van der Waals surface area contributed by atoms with Crippen molar-refractivity contribution < 1.29 is 18.7 Å². The van der Waals surface area contributed by atoms with Crippen molar-refractivity contribution in [3.05, 3.63) is 29.6 Å². The van der Waals surface area contributed by atoms with E-state index in [2.05, 4.69) is 12.2 Å². The van der Waals surface area contributed by atoms with Gasteiger partial charge in [-0.05, 0) is 37.5 Å². The highest BCUT2D eigenvalue weighted by atomic mass is 19.1. The fraction of sp³-hybridized carbons (Fsp3) is 0.611. The molecule has 5 nitrogen and oxygen atoms in total. The second kappa shape index (κ2) is 8.44. The highest BCUT2D eigenvalue weighted by Gasteiger charge is 2.43. The van der Waals surface area contributed by atoms with Gasteiger partial charge in [0.15, 0.2) is 0 Å². The van der Waals surface area contributed by atoms with Crippen LogP contribution in [0.25, 0.3) is 0 Å². The highest BCUT2D eigenvalue weighted by molar-refractivity contribution is 5.91. The van der Waals surface area contributed by atoms with Gasteiger partial charge in [0, 0.05) is 32.0 Å². The summed E-state index contributed by atoms with van der Waals surface area (Å²) in [7, 11) is 3.21. The summed E-state index contributed by atoms with van der Waals surface area (Å²) in [5.41, 5.74) is 0.950. The molecule has 1 fully saturated rings. The Balaban J connectivity index is 2.19. The average molecular weight is 338 g/mol. The van der Waals surface area contributed by atoms with Crippen LogP contribution in [0.1, 0.15) is 38.2 Å². The molecule has 1 aliphatic heterocycles. The van der Waals surface area contributed by atoms with E-state index in [-0.39, 0.29) is 24.0 Å². The molecule has 0 aliphatic carbocycles. The first-order valence-electron chi connectivity index (χ1n) is 8.41. The lowest BCUT2D eigenvalue weighted by atomic mass is 9.91. The van der Waals surface area contributed by atoms with Gasteiger partial charge in [-0.2, -0.15) is 0 Å². The van der Waals surface area contributed by atoms with E-state index in [1.54, 1.807) is 20.3 Å². The third-order valence-corrected chi connectivity index (χ3v) is 4.58. The molecule has 0 saturated carbocycles. The van der Waals surface area contributed by atoms with Crippen LogP contribution in [-0.2, 0) is 16.1 Å². The minimum absolute atomic E-state index is 0.165. The van der Waals surface area contributed by atoms with Crippen LogP contribution in [0.15, 0.2) is 18.2 Å². The fourth-order valence-electron chi connectivity index (χ4n) is 3.61. The number of nitrogens with zero attached hydrogens (tertiary/aromatic N) is 1. The molecule has 24 heavy (non-hydrogen) atoms. The molecule has 0 spiro atoms. The number of nitrogens with one attached hydrogen (secondary N) is 1. The van der Waals surface area contributed by atoms with Crippen LogP contribution >= 0.6 is 0 Å². The summed E-state index contributed by atoms with van der Waals surface area (Å²) in [6.07, 6.45) is 3.79. The monoisotopic (exact) mass is 338 g/mol. The molecule has 134 valence electrons. The molecule has 1 aromatic rings. The Morgan fingerprint density at radius 1 is 1.38 bits per heavy atom. The molecular weight excluding hydrogens is 311 g/mol. The molecule has 2 amide bonds. The van der Waals surface area contributed by atoms with E-state index < -0.39 is 0 Å². The number of ether oxygens (including phenoxy) is 2. The van der Waals surface area contributed by atoms with Crippen LogP contribution in [-0.4, -0.2) is 43.8 Å². The van der Waals surface area contributed by atoms with Crippen molar-refractivity contribution in [2.45, 2.75) is 44.8 Å². The van der Waals surface area contributed by atoms with Gasteiger partial charge in [-0.15, -0.1) is 0 Å². The zero-order valence-corrected chi connectivity index (χ0v) is 14.7. The Morgan fingerprint density at radius 2 is 2.17 bits per heavy atom. The van der Waals surface area contributed by atoms with Crippen molar-refractivity contribution >= 4 is 11.7 Å². The number of urea groups is 1. The number of halogens is 1. The number of hydrogen-bond donors (Lipinski definition) is 1. The molecule has 1 aromatic carbocycles. The Labute approximate surface area is 143 Å². The van der Waals surface area contributed by atoms with Crippen LogP contribution in [0, 0.1) is 5.82 Å². The van der Waals surface area contributed by atoms with Crippen molar-refractivity contribution in [2.24, 2.45) is 0 Å². The van der Waals surface area contributed by atoms with Crippen molar-refractivity contribution in [1.82, 2.24) is 4.90 Å². The first-order chi connectivity index (χ1) is 11.6. The van der Waals surface area contributed by atoms with Crippen molar-refractivity contribution in [1.29, 1.82) is 0 Å². The van der Waals surface area contributed by atoms with Gasteiger partial charge in [0.2, 0.25) is 0 Å². The Hall–Kier alpha value is -1.66. The van der Waals surface area contributed by atoms with Gasteiger partial charge < -0.3 is 19.7 Å². The normalized spacial score (nSPS) is 20.4. The number of likely N-dealkylation sites (tertiary alicyclic amines) is 1. The lowest BCUT2D eigenvalue weighted by Crippen LogP contribution is -2.52. The van der Waals surface area contributed by atoms with E-state index in [0.717, 1.165) is 25.7 Å². The molecule has 0 unspecified atom stereocenters. The van der Waals surface area contributed by atoms with Crippen LogP contribution in [0.4, 0.5) is 14.9 Å². The lowest BCUT2D eigenvalue weighted by Gasteiger charge is -2.38. The molecule has 0 radical (unpaired) electrons. The summed E-state index contributed by atoms with van der Waals surface area (Å²) < 4.78 is 23.9. The number of anilines is 1. The molecule has 1 heterocycles. The third-order valence-electron chi connectivity index (χ3n) is 4.58. The predicted octanol–water partition coefficient (Wildman–Crippen LogP) is 3.79. The van der Waals surface area contributed by atoms with Gasteiger partial charge >= 0.3 is 6.03 Å². The maximum absolute atomic E-state index is 13.4. The van der Waals surface area contributed by atoms with Crippen molar-refractivity contribution in [3.63, 3.8) is 0 Å². The van der Waals surface area contributed by atoms with Crippen LogP contribution in [0.2, 0.25) is 0 Å². The summed E-state index contributed by atoms with van der Waals surface area (Å²) in [5.74, 6) is -0.346. The van der Waals surface area contributed by atoms with Crippen molar-refractivity contribution in [3.8, 4) is 0 Å². The zero-order chi connectivity index (χ0) is 17.6. The minimum Gasteiger partial charge on any atom is -0.382 e. The molecule has 1 aliphatic rings. The molecule has 1 atom stereocenters. The number of carbonyl (C=O) groups excluding carboxylic acids is 1. The smallest absolute Gasteiger partial charge is 0.322 e. The van der Waals surface area contributed by atoms with Crippen LogP contribution in [0.3, 0.4) is 0 Å². The van der Waals surface area contributed by atoms with Gasteiger partial charge in [-0.1, -0.05) is 13.3 Å². The summed E-state index contributed by atoms with van der Waals surface area (Å²) in [5, 5.41) is 2.92. The average Bonchev–Trinajstić information content (AvgIpc) is 2.94. The van der Waals surface area contributed by atoms with E-state index in [4.69, 9.17) is 9.47 Å². The molecule has 6 heteroatoms. The summed E-state index contributed by atoms with van der Waals surface area (Å²) >= 11 is 0. The predicted molar refractivity (Wildman–Crippen MR) is 91.6 cm³/mol. The van der Waals surface area contributed by atoms with Crippen LogP contribution < -0.4 is 5.32 Å². The number of hydrogen-bond acceptors (Lipinski definition) is 3. The van der Waals surface area contributed by atoms with Gasteiger partial charge in [0.05, 0.1) is 18.8 Å². The first-order valence-corrected chi connectivity index (χ1v) is 8.41. The Kier molecular flexibility index (Phi) is 6.57. The SMILES string of the molecule is CCC[C@@]1(COC)CCCN1C(=O)Nc1ccc(F)cc1COC. The second-order valence-corrected chi connectivity index (χ2v) is 6.33. The Bertz CT molecular complexity index is 559. The van der Waals surface area contributed by atoms with E-state index in [1.807, 2.05) is 4.90 Å². The standard InChI is InChI=1S/C18H27FN2O3/c1-4-8-18(13-24-3)9-5-10-21(18)17(22)20-16-7-6-15(19)11-14(16)12-23-2/h6-7,11H,4-5,8-10,12-13H2,1-3H3,(H,20,22)/t18-/m0/s1.